The molecular weight excluding hydrogens is 305 g/mol. The van der Waals surface area contributed by atoms with Gasteiger partial charge in [-0.05, 0) is 51.1 Å². The summed E-state index contributed by atoms with van der Waals surface area (Å²) in [7, 11) is -3.56. The van der Waals surface area contributed by atoms with Gasteiger partial charge in [-0.15, -0.1) is 0 Å². The molecule has 0 aromatic carbocycles. The average molecular weight is 328 g/mol. The van der Waals surface area contributed by atoms with Gasteiger partial charge in [0.1, 0.15) is 0 Å². The van der Waals surface area contributed by atoms with Gasteiger partial charge in [0.15, 0.2) is 0 Å². The summed E-state index contributed by atoms with van der Waals surface area (Å²) >= 11 is 0. The lowest BCUT2D eigenvalue weighted by atomic mass is 9.96. The van der Waals surface area contributed by atoms with Gasteiger partial charge >= 0.3 is 6.18 Å². The van der Waals surface area contributed by atoms with Gasteiger partial charge in [0, 0.05) is 13.1 Å². The maximum absolute atomic E-state index is 12.8. The molecule has 0 aromatic heterocycles. The molecule has 1 N–H and O–H groups in total. The summed E-state index contributed by atoms with van der Waals surface area (Å²) in [6, 6.07) is 0. The van der Waals surface area contributed by atoms with Crippen molar-refractivity contribution in [2.75, 3.05) is 31.9 Å². The molecule has 2 fully saturated rings. The SMILES string of the molecule is O=S(=O)(CCC1CCNCC1)N1CCCC(C(F)(F)F)C1. The van der Waals surface area contributed by atoms with Crippen LogP contribution in [0.2, 0.25) is 0 Å². The number of sulfonamides is 1. The van der Waals surface area contributed by atoms with Crippen molar-refractivity contribution in [2.45, 2.75) is 38.3 Å². The van der Waals surface area contributed by atoms with Crippen LogP contribution in [-0.4, -0.2) is 50.8 Å². The molecule has 4 nitrogen and oxygen atoms in total. The van der Waals surface area contributed by atoms with Gasteiger partial charge in [-0.2, -0.15) is 13.2 Å². The Morgan fingerprint density at radius 3 is 2.43 bits per heavy atom. The van der Waals surface area contributed by atoms with Crippen molar-refractivity contribution in [3.8, 4) is 0 Å². The van der Waals surface area contributed by atoms with Gasteiger partial charge in [0.25, 0.3) is 0 Å². The third kappa shape index (κ3) is 4.82. The van der Waals surface area contributed by atoms with E-state index in [-0.39, 0.29) is 25.1 Å². The first-order chi connectivity index (χ1) is 9.79. The number of halogens is 3. The van der Waals surface area contributed by atoms with Gasteiger partial charge in [-0.25, -0.2) is 12.7 Å². The molecule has 124 valence electrons. The maximum Gasteiger partial charge on any atom is 0.393 e. The smallest absolute Gasteiger partial charge is 0.317 e. The third-order valence-corrected chi connectivity index (χ3v) is 6.35. The van der Waals surface area contributed by atoms with E-state index in [1.54, 1.807) is 0 Å². The molecule has 2 aliphatic heterocycles. The number of rotatable bonds is 4. The molecule has 0 amide bonds. The predicted octanol–water partition coefficient (Wildman–Crippen LogP) is 1.98. The molecule has 8 heteroatoms. The molecule has 1 unspecified atom stereocenters. The summed E-state index contributed by atoms with van der Waals surface area (Å²) in [6.45, 7) is 1.61. The van der Waals surface area contributed by atoms with E-state index >= 15 is 0 Å². The lowest BCUT2D eigenvalue weighted by Crippen LogP contribution is -2.45. The molecule has 0 aliphatic carbocycles. The Kier molecular flexibility index (Phi) is 5.54. The van der Waals surface area contributed by atoms with Gasteiger partial charge in [0.05, 0.1) is 11.7 Å². The van der Waals surface area contributed by atoms with Gasteiger partial charge in [-0.3, -0.25) is 0 Å². The Hall–Kier alpha value is -0.340. The number of hydrogen-bond donors (Lipinski definition) is 1. The van der Waals surface area contributed by atoms with Crippen LogP contribution in [-0.2, 0) is 10.0 Å². The fourth-order valence-electron chi connectivity index (χ4n) is 3.08. The fraction of sp³-hybridized carbons (Fsp3) is 1.00. The minimum atomic E-state index is -4.30. The second-order valence-corrected chi connectivity index (χ2v) is 8.13. The van der Waals surface area contributed by atoms with E-state index in [2.05, 4.69) is 5.32 Å². The molecule has 2 heterocycles. The highest BCUT2D eigenvalue weighted by atomic mass is 32.2. The van der Waals surface area contributed by atoms with E-state index < -0.39 is 28.7 Å². The quantitative estimate of drug-likeness (QED) is 0.858. The van der Waals surface area contributed by atoms with Crippen molar-refractivity contribution in [1.29, 1.82) is 0 Å². The number of piperidine rings is 2. The normalized spacial score (nSPS) is 26.9. The van der Waals surface area contributed by atoms with Crippen LogP contribution in [0.3, 0.4) is 0 Å². The summed E-state index contributed by atoms with van der Waals surface area (Å²) < 4.78 is 63.8. The highest BCUT2D eigenvalue weighted by Crippen LogP contribution is 2.34. The zero-order valence-corrected chi connectivity index (χ0v) is 12.8. The molecule has 2 rings (SSSR count). The van der Waals surface area contributed by atoms with E-state index in [1.807, 2.05) is 0 Å². The molecule has 21 heavy (non-hydrogen) atoms. The number of hydrogen-bond acceptors (Lipinski definition) is 3. The summed E-state index contributed by atoms with van der Waals surface area (Å²) in [6.07, 6.45) is -1.54. The lowest BCUT2D eigenvalue weighted by Gasteiger charge is -2.33. The zero-order chi connectivity index (χ0) is 15.5. The standard InChI is InChI=1S/C13H23F3N2O2S/c14-13(15,16)12-2-1-8-18(10-12)21(19,20)9-5-11-3-6-17-7-4-11/h11-12,17H,1-10H2. The first-order valence-electron chi connectivity index (χ1n) is 7.54. The van der Waals surface area contributed by atoms with Crippen molar-refractivity contribution in [3.05, 3.63) is 0 Å². The molecule has 0 bridgehead atoms. The topological polar surface area (TPSA) is 49.4 Å². The van der Waals surface area contributed by atoms with Gasteiger partial charge in [0.2, 0.25) is 10.0 Å². The summed E-state index contributed by atoms with van der Waals surface area (Å²) in [5.41, 5.74) is 0. The second kappa shape index (κ2) is 6.83. The first kappa shape index (κ1) is 17.0. The van der Waals surface area contributed by atoms with Crippen molar-refractivity contribution < 1.29 is 21.6 Å². The van der Waals surface area contributed by atoms with Crippen LogP contribution in [0.5, 0.6) is 0 Å². The van der Waals surface area contributed by atoms with Crippen LogP contribution in [0.1, 0.15) is 32.1 Å². The number of nitrogens with zero attached hydrogens (tertiary/aromatic N) is 1. The van der Waals surface area contributed by atoms with Crippen molar-refractivity contribution in [3.63, 3.8) is 0 Å². The highest BCUT2D eigenvalue weighted by Gasteiger charge is 2.43. The molecule has 0 spiro atoms. The Balaban J connectivity index is 1.89. The van der Waals surface area contributed by atoms with Crippen LogP contribution < -0.4 is 5.32 Å². The molecule has 1 atom stereocenters. The fourth-order valence-corrected chi connectivity index (χ4v) is 4.78. The number of alkyl halides is 3. The van der Waals surface area contributed by atoms with E-state index in [0.717, 1.165) is 30.2 Å². The van der Waals surface area contributed by atoms with Crippen molar-refractivity contribution in [2.24, 2.45) is 11.8 Å². The van der Waals surface area contributed by atoms with Gasteiger partial charge < -0.3 is 5.32 Å². The molecule has 0 aromatic rings. The van der Waals surface area contributed by atoms with Crippen LogP contribution >= 0.6 is 0 Å². The monoisotopic (exact) mass is 328 g/mol. The Morgan fingerprint density at radius 1 is 1.14 bits per heavy atom. The van der Waals surface area contributed by atoms with Crippen LogP contribution in [0.4, 0.5) is 13.2 Å². The predicted molar refractivity (Wildman–Crippen MR) is 74.3 cm³/mol. The molecule has 0 saturated carbocycles. The van der Waals surface area contributed by atoms with Crippen molar-refractivity contribution >= 4 is 10.0 Å². The van der Waals surface area contributed by atoms with E-state index in [1.165, 1.54) is 0 Å². The summed E-state index contributed by atoms with van der Waals surface area (Å²) in [5.74, 6) is -1.17. The molecule has 0 radical (unpaired) electrons. The Morgan fingerprint density at radius 2 is 1.81 bits per heavy atom. The van der Waals surface area contributed by atoms with Gasteiger partial charge in [-0.1, -0.05) is 0 Å². The minimum absolute atomic E-state index is 0.0256. The summed E-state index contributed by atoms with van der Waals surface area (Å²) in [4.78, 5) is 0. The molecular formula is C13H23F3N2O2S. The van der Waals surface area contributed by atoms with E-state index in [0.29, 0.717) is 12.3 Å². The largest absolute Gasteiger partial charge is 0.393 e. The van der Waals surface area contributed by atoms with Crippen LogP contribution in [0.25, 0.3) is 0 Å². The summed E-state index contributed by atoms with van der Waals surface area (Å²) in [5, 5.41) is 3.21. The van der Waals surface area contributed by atoms with Crippen LogP contribution in [0, 0.1) is 11.8 Å². The molecule has 2 saturated heterocycles. The molecule has 2 aliphatic rings. The average Bonchev–Trinajstić information content (AvgIpc) is 2.46. The maximum atomic E-state index is 12.8. The van der Waals surface area contributed by atoms with E-state index in [4.69, 9.17) is 0 Å². The number of nitrogens with one attached hydrogen (secondary N) is 1. The lowest BCUT2D eigenvalue weighted by molar-refractivity contribution is -0.182. The zero-order valence-electron chi connectivity index (χ0n) is 12.0. The first-order valence-corrected chi connectivity index (χ1v) is 9.15. The second-order valence-electron chi connectivity index (χ2n) is 6.04. The van der Waals surface area contributed by atoms with Crippen LogP contribution in [0.15, 0.2) is 0 Å². The van der Waals surface area contributed by atoms with E-state index in [9.17, 15) is 21.6 Å². The Labute approximate surface area is 124 Å². The third-order valence-electron chi connectivity index (χ3n) is 4.48. The highest BCUT2D eigenvalue weighted by molar-refractivity contribution is 7.89. The minimum Gasteiger partial charge on any atom is -0.317 e. The Bertz CT molecular complexity index is 433. The van der Waals surface area contributed by atoms with Crippen molar-refractivity contribution in [1.82, 2.24) is 9.62 Å².